The van der Waals surface area contributed by atoms with Gasteiger partial charge in [-0.2, -0.15) is 0 Å². The number of hydrogen-bond donors (Lipinski definition) is 1. The molecule has 19 heavy (non-hydrogen) atoms. The van der Waals surface area contributed by atoms with Crippen LogP contribution in [0.15, 0.2) is 42.0 Å². The Morgan fingerprint density at radius 2 is 2.26 bits per heavy atom. The van der Waals surface area contributed by atoms with E-state index in [1.54, 1.807) is 0 Å². The zero-order valence-electron chi connectivity index (χ0n) is 10.6. The Balaban J connectivity index is 2.15. The number of pyridine rings is 1. The Hall–Kier alpha value is -1.85. The van der Waals surface area contributed by atoms with Crippen molar-refractivity contribution in [3.8, 4) is 0 Å². The van der Waals surface area contributed by atoms with E-state index in [2.05, 4.69) is 45.0 Å². The molecule has 2 heterocycles. The van der Waals surface area contributed by atoms with E-state index in [0.717, 1.165) is 17.6 Å². The number of nitrogens with one attached hydrogen (secondary N) is 1. The predicted molar refractivity (Wildman–Crippen MR) is 77.2 cm³/mol. The molecule has 1 unspecified atom stereocenters. The van der Waals surface area contributed by atoms with Crippen LogP contribution in [-0.4, -0.2) is 21.1 Å². The molecule has 0 bridgehead atoms. The van der Waals surface area contributed by atoms with Gasteiger partial charge in [0, 0.05) is 23.2 Å². The number of nitrogens with zero attached hydrogens (tertiary/aromatic N) is 3. The molecule has 0 saturated carbocycles. The lowest BCUT2D eigenvalue weighted by Gasteiger charge is -2.17. The summed E-state index contributed by atoms with van der Waals surface area (Å²) >= 11 is 1.38. The van der Waals surface area contributed by atoms with Gasteiger partial charge in [0.25, 0.3) is 0 Å². The van der Waals surface area contributed by atoms with Gasteiger partial charge >= 0.3 is 0 Å². The predicted octanol–water partition coefficient (Wildman–Crippen LogP) is 2.79. The van der Waals surface area contributed by atoms with Crippen molar-refractivity contribution in [3.63, 3.8) is 0 Å². The molecule has 0 radical (unpaired) electrons. The van der Waals surface area contributed by atoms with E-state index in [1.807, 2.05) is 23.8 Å². The number of hydrogen-bond acceptors (Lipinski definition) is 5. The summed E-state index contributed by atoms with van der Waals surface area (Å²) < 4.78 is 3.97. The fraction of sp³-hybridized carbons (Fsp3) is 0.214. The van der Waals surface area contributed by atoms with Gasteiger partial charge in [0.15, 0.2) is 0 Å². The molecule has 5 heteroatoms. The molecule has 4 nitrogen and oxygen atoms in total. The maximum Gasteiger partial charge on any atom is 0.0970 e. The molecule has 0 fully saturated rings. The second-order valence-electron chi connectivity index (χ2n) is 4.26. The van der Waals surface area contributed by atoms with E-state index >= 15 is 0 Å². The van der Waals surface area contributed by atoms with Crippen molar-refractivity contribution in [3.05, 3.63) is 53.3 Å². The van der Waals surface area contributed by atoms with Gasteiger partial charge in [-0.25, -0.2) is 0 Å². The summed E-state index contributed by atoms with van der Waals surface area (Å²) in [5.41, 5.74) is 2.16. The lowest BCUT2D eigenvalue weighted by Crippen LogP contribution is -2.22. The first-order chi connectivity index (χ1) is 9.40. The molecule has 0 aliphatic carbocycles. The molecule has 3 rings (SSSR count). The van der Waals surface area contributed by atoms with Crippen LogP contribution in [0.3, 0.4) is 0 Å². The maximum atomic E-state index is 4.24. The molecule has 0 saturated heterocycles. The average molecular weight is 270 g/mol. The molecule has 0 aliphatic rings. The minimum absolute atomic E-state index is 0.0663. The van der Waals surface area contributed by atoms with Gasteiger partial charge in [-0.3, -0.25) is 4.98 Å². The Kier molecular flexibility index (Phi) is 3.48. The van der Waals surface area contributed by atoms with Crippen molar-refractivity contribution < 1.29 is 0 Å². The van der Waals surface area contributed by atoms with Crippen LogP contribution in [0.5, 0.6) is 0 Å². The van der Waals surface area contributed by atoms with Gasteiger partial charge in [0.1, 0.15) is 0 Å². The summed E-state index contributed by atoms with van der Waals surface area (Å²) in [6.45, 7) is 2.97. The standard InChI is InChI=1S/C14H14N4S/c1-2-16-14(13-9-19-18-17-13)11-5-3-4-10-6-7-15-8-12(10)11/h3-9,14,16H,2H2,1H3. The molecule has 0 spiro atoms. The third-order valence-corrected chi connectivity index (χ3v) is 3.63. The average Bonchev–Trinajstić information content (AvgIpc) is 2.98. The zero-order chi connectivity index (χ0) is 13.1. The molecule has 3 aromatic rings. The van der Waals surface area contributed by atoms with E-state index in [0.29, 0.717) is 0 Å². The molecule has 0 aliphatic heterocycles. The SMILES string of the molecule is CCNC(c1csnn1)c1cccc2ccncc12. The van der Waals surface area contributed by atoms with Crippen molar-refractivity contribution in [2.75, 3.05) is 6.54 Å². The van der Waals surface area contributed by atoms with Gasteiger partial charge in [0.2, 0.25) is 0 Å². The lowest BCUT2D eigenvalue weighted by atomic mass is 9.98. The molecule has 1 atom stereocenters. The fourth-order valence-corrected chi connectivity index (χ4v) is 2.74. The monoisotopic (exact) mass is 270 g/mol. The molecule has 1 N–H and O–H groups in total. The van der Waals surface area contributed by atoms with Crippen LogP contribution in [0.4, 0.5) is 0 Å². The zero-order valence-corrected chi connectivity index (χ0v) is 11.4. The van der Waals surface area contributed by atoms with Gasteiger partial charge in [-0.1, -0.05) is 29.6 Å². The van der Waals surface area contributed by atoms with Crippen molar-refractivity contribution in [1.82, 2.24) is 19.9 Å². The first kappa shape index (κ1) is 12.2. The van der Waals surface area contributed by atoms with Crippen LogP contribution < -0.4 is 5.32 Å². The third-order valence-electron chi connectivity index (χ3n) is 3.11. The summed E-state index contributed by atoms with van der Waals surface area (Å²) in [5.74, 6) is 0. The normalized spacial score (nSPS) is 12.7. The highest BCUT2D eigenvalue weighted by molar-refractivity contribution is 7.03. The van der Waals surface area contributed by atoms with Crippen LogP contribution in [0.1, 0.15) is 24.2 Å². The highest BCUT2D eigenvalue weighted by Gasteiger charge is 2.17. The maximum absolute atomic E-state index is 4.24. The minimum Gasteiger partial charge on any atom is -0.305 e. The van der Waals surface area contributed by atoms with Crippen molar-refractivity contribution in [1.29, 1.82) is 0 Å². The van der Waals surface area contributed by atoms with Crippen molar-refractivity contribution in [2.45, 2.75) is 13.0 Å². The van der Waals surface area contributed by atoms with Crippen LogP contribution in [0, 0.1) is 0 Å². The summed E-state index contributed by atoms with van der Waals surface area (Å²) in [4.78, 5) is 4.24. The number of aromatic nitrogens is 3. The highest BCUT2D eigenvalue weighted by Crippen LogP contribution is 2.27. The number of rotatable bonds is 4. The summed E-state index contributed by atoms with van der Waals surface area (Å²) in [5, 5.41) is 12.0. The van der Waals surface area contributed by atoms with Gasteiger partial charge in [-0.05, 0) is 35.1 Å². The van der Waals surface area contributed by atoms with Crippen molar-refractivity contribution >= 4 is 22.3 Å². The van der Waals surface area contributed by atoms with Crippen LogP contribution in [0.2, 0.25) is 0 Å². The van der Waals surface area contributed by atoms with E-state index in [1.165, 1.54) is 22.5 Å². The topological polar surface area (TPSA) is 50.7 Å². The van der Waals surface area contributed by atoms with Gasteiger partial charge in [0.05, 0.1) is 11.7 Å². The summed E-state index contributed by atoms with van der Waals surface area (Å²) in [6.07, 6.45) is 3.73. The molecule has 96 valence electrons. The Morgan fingerprint density at radius 1 is 1.32 bits per heavy atom. The van der Waals surface area contributed by atoms with Gasteiger partial charge < -0.3 is 5.32 Å². The van der Waals surface area contributed by atoms with E-state index in [4.69, 9.17) is 0 Å². The number of fused-ring (bicyclic) bond motifs is 1. The third kappa shape index (κ3) is 2.34. The largest absolute Gasteiger partial charge is 0.305 e. The molecule has 2 aromatic heterocycles. The summed E-state index contributed by atoms with van der Waals surface area (Å²) in [6, 6.07) is 8.39. The van der Waals surface area contributed by atoms with E-state index in [9.17, 15) is 0 Å². The minimum atomic E-state index is 0.0663. The molecule has 0 amide bonds. The molecular weight excluding hydrogens is 256 g/mol. The second kappa shape index (κ2) is 5.42. The fourth-order valence-electron chi connectivity index (χ4n) is 2.26. The Morgan fingerprint density at radius 3 is 3.05 bits per heavy atom. The van der Waals surface area contributed by atoms with Crippen LogP contribution in [0.25, 0.3) is 10.8 Å². The quantitative estimate of drug-likeness (QED) is 0.792. The lowest BCUT2D eigenvalue weighted by molar-refractivity contribution is 0.617. The van der Waals surface area contributed by atoms with E-state index in [-0.39, 0.29) is 6.04 Å². The van der Waals surface area contributed by atoms with Crippen LogP contribution >= 0.6 is 11.5 Å². The Bertz CT molecular complexity index is 661. The Labute approximate surface area is 115 Å². The second-order valence-corrected chi connectivity index (χ2v) is 4.87. The van der Waals surface area contributed by atoms with Gasteiger partial charge in [-0.15, -0.1) is 5.10 Å². The smallest absolute Gasteiger partial charge is 0.0970 e. The highest BCUT2D eigenvalue weighted by atomic mass is 32.1. The molecular formula is C14H14N4S. The first-order valence-electron chi connectivity index (χ1n) is 6.23. The molecule has 1 aromatic carbocycles. The number of benzene rings is 1. The first-order valence-corrected chi connectivity index (χ1v) is 7.06. The van der Waals surface area contributed by atoms with Crippen LogP contribution in [-0.2, 0) is 0 Å². The van der Waals surface area contributed by atoms with Crippen molar-refractivity contribution in [2.24, 2.45) is 0 Å². The summed E-state index contributed by atoms with van der Waals surface area (Å²) in [7, 11) is 0. The van der Waals surface area contributed by atoms with E-state index < -0.39 is 0 Å².